The maximum Gasteiger partial charge on any atom is 0.238 e. The molecule has 0 saturated heterocycles. The van der Waals surface area contributed by atoms with E-state index in [4.69, 9.17) is 0 Å². The number of aryl methyl sites for hydroxylation is 2. The second kappa shape index (κ2) is 8.01. The van der Waals surface area contributed by atoms with Crippen molar-refractivity contribution in [2.75, 3.05) is 23.7 Å². The predicted octanol–water partition coefficient (Wildman–Crippen LogP) is 3.50. The summed E-state index contributed by atoms with van der Waals surface area (Å²) < 4.78 is 0. The van der Waals surface area contributed by atoms with Gasteiger partial charge in [0, 0.05) is 36.0 Å². The van der Waals surface area contributed by atoms with Crippen LogP contribution < -0.4 is 10.6 Å². The average molecular weight is 399 g/mol. The van der Waals surface area contributed by atoms with Crippen molar-refractivity contribution >= 4 is 34.0 Å². The van der Waals surface area contributed by atoms with Gasteiger partial charge in [0.2, 0.25) is 11.8 Å². The van der Waals surface area contributed by atoms with Crippen molar-refractivity contribution in [2.24, 2.45) is 5.92 Å². The summed E-state index contributed by atoms with van der Waals surface area (Å²) in [7, 11) is 0. The molecular weight excluding hydrogens is 372 g/mol. The van der Waals surface area contributed by atoms with E-state index >= 15 is 0 Å². The highest BCUT2D eigenvalue weighted by Crippen LogP contribution is 2.31. The molecule has 1 aliphatic heterocycles. The summed E-state index contributed by atoms with van der Waals surface area (Å²) in [6, 6.07) is 6.07. The van der Waals surface area contributed by atoms with Gasteiger partial charge < -0.3 is 10.6 Å². The van der Waals surface area contributed by atoms with Crippen molar-refractivity contribution in [3.8, 4) is 0 Å². The zero-order valence-electron chi connectivity index (χ0n) is 16.4. The lowest BCUT2D eigenvalue weighted by Gasteiger charge is -2.25. The Morgan fingerprint density at radius 1 is 1.25 bits per heavy atom. The number of benzene rings is 1. The molecule has 7 heteroatoms. The van der Waals surface area contributed by atoms with E-state index in [9.17, 15) is 9.59 Å². The Morgan fingerprint density at radius 2 is 2.07 bits per heavy atom. The summed E-state index contributed by atoms with van der Waals surface area (Å²) in [5.74, 6) is 0.258. The van der Waals surface area contributed by atoms with E-state index in [-0.39, 0.29) is 17.7 Å². The second-order valence-corrected chi connectivity index (χ2v) is 8.92. The molecule has 0 radical (unpaired) electrons. The molecule has 2 heterocycles. The highest BCUT2D eigenvalue weighted by atomic mass is 32.1. The number of thiazole rings is 1. The van der Waals surface area contributed by atoms with Gasteiger partial charge in [-0.05, 0) is 43.9 Å². The van der Waals surface area contributed by atoms with E-state index in [1.54, 1.807) is 0 Å². The molecule has 1 aromatic heterocycles. The number of carbonyl (C=O) groups is 2. The molecule has 1 saturated carbocycles. The molecule has 0 unspecified atom stereocenters. The molecule has 1 aliphatic carbocycles. The summed E-state index contributed by atoms with van der Waals surface area (Å²) in [6.45, 7) is 5.87. The van der Waals surface area contributed by atoms with E-state index in [0.717, 1.165) is 59.6 Å². The fourth-order valence-corrected chi connectivity index (χ4v) is 4.63. The minimum absolute atomic E-state index is 0.000162. The first-order chi connectivity index (χ1) is 13.5. The van der Waals surface area contributed by atoms with E-state index in [1.807, 2.05) is 32.0 Å². The molecule has 28 heavy (non-hydrogen) atoms. The van der Waals surface area contributed by atoms with Gasteiger partial charge >= 0.3 is 0 Å². The number of aromatic nitrogens is 1. The Balaban J connectivity index is 1.34. The Labute approximate surface area is 169 Å². The largest absolute Gasteiger partial charge is 0.325 e. The lowest BCUT2D eigenvalue weighted by Crippen LogP contribution is -2.36. The van der Waals surface area contributed by atoms with Crippen molar-refractivity contribution in [3.63, 3.8) is 0 Å². The Bertz CT molecular complexity index is 904. The number of rotatable bonds is 5. The van der Waals surface area contributed by atoms with Crippen LogP contribution in [-0.2, 0) is 22.6 Å². The molecule has 6 nitrogen and oxygen atoms in total. The van der Waals surface area contributed by atoms with Crippen molar-refractivity contribution in [1.29, 1.82) is 0 Å². The van der Waals surface area contributed by atoms with Crippen LogP contribution >= 0.6 is 11.3 Å². The van der Waals surface area contributed by atoms with Gasteiger partial charge in [-0.25, -0.2) is 4.98 Å². The van der Waals surface area contributed by atoms with Crippen LogP contribution in [0.5, 0.6) is 0 Å². The van der Waals surface area contributed by atoms with Crippen LogP contribution in [0.1, 0.15) is 41.0 Å². The Hall–Kier alpha value is -2.25. The molecule has 4 rings (SSSR count). The topological polar surface area (TPSA) is 74.3 Å². The smallest absolute Gasteiger partial charge is 0.238 e. The Kier molecular flexibility index (Phi) is 5.46. The molecule has 1 aromatic carbocycles. The van der Waals surface area contributed by atoms with Gasteiger partial charge in [-0.15, -0.1) is 11.3 Å². The van der Waals surface area contributed by atoms with Crippen LogP contribution in [0.3, 0.4) is 0 Å². The maximum atomic E-state index is 12.5. The second-order valence-electron chi connectivity index (χ2n) is 7.83. The fraction of sp³-hybridized carbons (Fsp3) is 0.476. The van der Waals surface area contributed by atoms with Crippen molar-refractivity contribution in [1.82, 2.24) is 9.88 Å². The molecule has 2 N–H and O–H groups in total. The zero-order valence-corrected chi connectivity index (χ0v) is 17.2. The number of nitrogens with zero attached hydrogens (tertiary/aromatic N) is 2. The Morgan fingerprint density at radius 3 is 2.82 bits per heavy atom. The number of nitrogens with one attached hydrogen (secondary N) is 2. The number of hydrogen-bond acceptors (Lipinski definition) is 5. The van der Waals surface area contributed by atoms with E-state index in [1.165, 1.54) is 11.3 Å². The van der Waals surface area contributed by atoms with Crippen molar-refractivity contribution in [2.45, 2.75) is 46.1 Å². The number of carbonyl (C=O) groups excluding carboxylic acids is 2. The third-order valence-electron chi connectivity index (χ3n) is 5.55. The first kappa shape index (κ1) is 19.1. The van der Waals surface area contributed by atoms with Gasteiger partial charge in [-0.1, -0.05) is 18.6 Å². The van der Waals surface area contributed by atoms with Gasteiger partial charge in [0.1, 0.15) is 0 Å². The third kappa shape index (κ3) is 4.25. The van der Waals surface area contributed by atoms with Gasteiger partial charge in [-0.2, -0.15) is 0 Å². The summed E-state index contributed by atoms with van der Waals surface area (Å²) >= 11 is 1.54. The minimum Gasteiger partial charge on any atom is -0.325 e. The van der Waals surface area contributed by atoms with Gasteiger partial charge in [-0.3, -0.25) is 14.5 Å². The van der Waals surface area contributed by atoms with Crippen LogP contribution in [-0.4, -0.2) is 34.8 Å². The number of hydrogen-bond donors (Lipinski definition) is 2. The molecule has 1 fully saturated rings. The molecular formula is C21H26N4O2S. The highest BCUT2D eigenvalue weighted by Gasteiger charge is 2.27. The molecule has 0 bridgehead atoms. The highest BCUT2D eigenvalue weighted by molar-refractivity contribution is 7.15. The molecule has 2 aliphatic rings. The minimum atomic E-state index is 0.000162. The van der Waals surface area contributed by atoms with Gasteiger partial charge in [0.05, 0.1) is 12.2 Å². The molecule has 148 valence electrons. The fourth-order valence-electron chi connectivity index (χ4n) is 3.58. The first-order valence-corrected chi connectivity index (χ1v) is 10.7. The SMILES string of the molecule is Cc1ccc(C)c(NC(=O)CN2CCc3nc(NC(=O)C4CCC4)sc3C2)c1. The normalized spacial score (nSPS) is 16.9. The lowest BCUT2D eigenvalue weighted by atomic mass is 9.85. The number of fused-ring (bicyclic) bond motifs is 1. The average Bonchev–Trinajstić information content (AvgIpc) is 2.97. The van der Waals surface area contributed by atoms with Crippen molar-refractivity contribution in [3.05, 3.63) is 39.9 Å². The lowest BCUT2D eigenvalue weighted by molar-refractivity contribution is -0.122. The molecule has 2 aromatic rings. The van der Waals surface area contributed by atoms with Crippen LogP contribution in [0.15, 0.2) is 18.2 Å². The molecule has 2 amide bonds. The van der Waals surface area contributed by atoms with Gasteiger partial charge in [0.15, 0.2) is 5.13 Å². The first-order valence-electron chi connectivity index (χ1n) is 9.87. The molecule has 0 atom stereocenters. The number of amides is 2. The van der Waals surface area contributed by atoms with Crippen molar-refractivity contribution < 1.29 is 9.59 Å². The summed E-state index contributed by atoms with van der Waals surface area (Å²) in [5, 5.41) is 6.70. The molecule has 0 spiro atoms. The van der Waals surface area contributed by atoms with E-state index < -0.39 is 0 Å². The predicted molar refractivity (Wildman–Crippen MR) is 112 cm³/mol. The summed E-state index contributed by atoms with van der Waals surface area (Å²) in [6.07, 6.45) is 3.92. The maximum absolute atomic E-state index is 12.5. The third-order valence-corrected chi connectivity index (χ3v) is 6.55. The van der Waals surface area contributed by atoms with E-state index in [2.05, 4.69) is 20.5 Å². The van der Waals surface area contributed by atoms with Crippen LogP contribution in [0, 0.1) is 19.8 Å². The number of anilines is 2. The van der Waals surface area contributed by atoms with E-state index in [0.29, 0.717) is 18.2 Å². The van der Waals surface area contributed by atoms with Gasteiger partial charge in [0.25, 0.3) is 0 Å². The van der Waals surface area contributed by atoms with Crippen LogP contribution in [0.25, 0.3) is 0 Å². The quantitative estimate of drug-likeness (QED) is 0.808. The summed E-state index contributed by atoms with van der Waals surface area (Å²) in [4.78, 5) is 32.5. The zero-order chi connectivity index (χ0) is 19.7. The standard InChI is InChI=1S/C21H26N4O2S/c1-13-6-7-14(2)17(10-13)22-19(26)12-25-9-8-16-18(11-25)28-21(23-16)24-20(27)15-4-3-5-15/h6-7,10,15H,3-5,8-9,11-12H2,1-2H3,(H,22,26)(H,23,24,27). The monoisotopic (exact) mass is 398 g/mol. The van der Waals surface area contributed by atoms with Crippen LogP contribution in [0.4, 0.5) is 10.8 Å². The summed E-state index contributed by atoms with van der Waals surface area (Å²) in [5.41, 5.74) is 4.13. The van der Waals surface area contributed by atoms with Crippen LogP contribution in [0.2, 0.25) is 0 Å².